The summed E-state index contributed by atoms with van der Waals surface area (Å²) in [5.74, 6) is 0.875. The lowest BCUT2D eigenvalue weighted by atomic mass is 9.94. The molecule has 3 heterocycles. The lowest BCUT2D eigenvalue weighted by molar-refractivity contribution is -0.127. The quantitative estimate of drug-likeness (QED) is 0.617. The van der Waals surface area contributed by atoms with Gasteiger partial charge in [0.25, 0.3) is 0 Å². The van der Waals surface area contributed by atoms with Crippen molar-refractivity contribution < 1.29 is 4.79 Å². The van der Waals surface area contributed by atoms with E-state index in [1.54, 1.807) is 6.08 Å². The average Bonchev–Trinajstić information content (AvgIpc) is 2.78. The smallest absolute Gasteiger partial charge is 0.246 e. The van der Waals surface area contributed by atoms with Crippen molar-refractivity contribution in [3.05, 3.63) is 83.4 Å². The Bertz CT molecular complexity index is 1040. The maximum atomic E-state index is 12.7. The van der Waals surface area contributed by atoms with Crippen molar-refractivity contribution in [3.8, 4) is 0 Å². The first-order valence-corrected chi connectivity index (χ1v) is 10.6. The summed E-state index contributed by atoms with van der Waals surface area (Å²) in [5.41, 5.74) is 4.74. The summed E-state index contributed by atoms with van der Waals surface area (Å²) < 4.78 is 0. The third-order valence-electron chi connectivity index (χ3n) is 5.39. The van der Waals surface area contributed by atoms with E-state index < -0.39 is 0 Å². The SMILES string of the molecule is Cc1cc(C)nc(Nc2ccc([C@@H]3CCCN(C(=O)/C=C/c4ccccc4)C3)nc2)n1. The highest BCUT2D eigenvalue weighted by Crippen LogP contribution is 2.27. The molecule has 1 fully saturated rings. The number of nitrogens with one attached hydrogen (secondary N) is 1. The van der Waals surface area contributed by atoms with Crippen molar-refractivity contribution in [2.75, 3.05) is 18.4 Å². The number of piperidine rings is 1. The van der Waals surface area contributed by atoms with E-state index >= 15 is 0 Å². The number of likely N-dealkylation sites (tertiary alicyclic amines) is 1. The van der Waals surface area contributed by atoms with Gasteiger partial charge in [0.15, 0.2) is 0 Å². The third kappa shape index (κ3) is 5.54. The standard InChI is InChI=1S/C25H27N5O/c1-18-15-19(2)28-25(27-18)29-22-11-12-23(26-16-22)21-9-6-14-30(17-21)24(31)13-10-20-7-4-3-5-8-20/h3-5,7-8,10-13,15-16,21H,6,9,14,17H2,1-2H3,(H,27,28,29)/b13-10+/t21-/m1/s1. The molecule has 4 rings (SSSR count). The number of hydrogen-bond acceptors (Lipinski definition) is 5. The number of carbonyl (C=O) groups excluding carboxylic acids is 1. The van der Waals surface area contributed by atoms with Gasteiger partial charge in [0.05, 0.1) is 11.9 Å². The molecule has 0 spiro atoms. The zero-order chi connectivity index (χ0) is 21.6. The van der Waals surface area contributed by atoms with Crippen LogP contribution >= 0.6 is 0 Å². The Morgan fingerprint density at radius 2 is 1.87 bits per heavy atom. The largest absolute Gasteiger partial charge is 0.338 e. The Morgan fingerprint density at radius 3 is 2.58 bits per heavy atom. The van der Waals surface area contributed by atoms with Gasteiger partial charge < -0.3 is 10.2 Å². The molecule has 0 bridgehead atoms. The minimum absolute atomic E-state index is 0.0544. The molecule has 1 aliphatic heterocycles. The van der Waals surface area contributed by atoms with Crippen LogP contribution in [0, 0.1) is 13.8 Å². The number of hydrogen-bond donors (Lipinski definition) is 1. The van der Waals surface area contributed by atoms with Crippen molar-refractivity contribution in [2.24, 2.45) is 0 Å². The van der Waals surface area contributed by atoms with Crippen LogP contribution in [0.1, 0.15) is 41.4 Å². The van der Waals surface area contributed by atoms with Crippen LogP contribution in [0.5, 0.6) is 0 Å². The maximum absolute atomic E-state index is 12.7. The summed E-state index contributed by atoms with van der Waals surface area (Å²) >= 11 is 0. The number of carbonyl (C=O) groups is 1. The van der Waals surface area contributed by atoms with Crippen LogP contribution in [-0.2, 0) is 4.79 Å². The van der Waals surface area contributed by atoms with Gasteiger partial charge in [0.2, 0.25) is 11.9 Å². The van der Waals surface area contributed by atoms with E-state index in [-0.39, 0.29) is 11.8 Å². The molecule has 1 aromatic carbocycles. The predicted molar refractivity (Wildman–Crippen MR) is 123 cm³/mol. The van der Waals surface area contributed by atoms with Crippen LogP contribution in [-0.4, -0.2) is 38.8 Å². The number of anilines is 2. The van der Waals surface area contributed by atoms with E-state index in [2.05, 4.69) is 20.3 Å². The zero-order valence-electron chi connectivity index (χ0n) is 18.0. The van der Waals surface area contributed by atoms with Gasteiger partial charge >= 0.3 is 0 Å². The Hall–Kier alpha value is -3.54. The first-order chi connectivity index (χ1) is 15.1. The molecule has 158 valence electrons. The molecule has 0 aliphatic carbocycles. The van der Waals surface area contributed by atoms with Crippen LogP contribution < -0.4 is 5.32 Å². The number of nitrogens with zero attached hydrogens (tertiary/aromatic N) is 4. The number of amides is 1. The highest BCUT2D eigenvalue weighted by molar-refractivity contribution is 5.91. The van der Waals surface area contributed by atoms with Crippen LogP contribution in [0.25, 0.3) is 6.08 Å². The third-order valence-corrected chi connectivity index (χ3v) is 5.39. The highest BCUT2D eigenvalue weighted by Gasteiger charge is 2.24. The van der Waals surface area contributed by atoms with Crippen LogP contribution in [0.3, 0.4) is 0 Å². The Morgan fingerprint density at radius 1 is 1.10 bits per heavy atom. The van der Waals surface area contributed by atoms with E-state index in [9.17, 15) is 4.79 Å². The van der Waals surface area contributed by atoms with E-state index in [1.807, 2.05) is 79.6 Å². The van der Waals surface area contributed by atoms with Crippen molar-refractivity contribution in [3.63, 3.8) is 0 Å². The fraction of sp³-hybridized carbons (Fsp3) is 0.280. The first-order valence-electron chi connectivity index (χ1n) is 10.6. The average molecular weight is 414 g/mol. The maximum Gasteiger partial charge on any atom is 0.246 e. The van der Waals surface area contributed by atoms with E-state index in [0.717, 1.165) is 47.7 Å². The van der Waals surface area contributed by atoms with Crippen molar-refractivity contribution in [2.45, 2.75) is 32.6 Å². The lowest BCUT2D eigenvalue weighted by Gasteiger charge is -2.31. The topological polar surface area (TPSA) is 71.0 Å². The monoisotopic (exact) mass is 413 g/mol. The second kappa shape index (κ2) is 9.51. The van der Waals surface area contributed by atoms with Gasteiger partial charge in [-0.1, -0.05) is 30.3 Å². The van der Waals surface area contributed by atoms with Gasteiger partial charge in [-0.3, -0.25) is 9.78 Å². The van der Waals surface area contributed by atoms with Gasteiger partial charge in [0, 0.05) is 42.2 Å². The van der Waals surface area contributed by atoms with Crippen molar-refractivity contribution >= 4 is 23.6 Å². The molecule has 1 amide bonds. The van der Waals surface area contributed by atoms with Crippen molar-refractivity contribution in [1.82, 2.24) is 19.9 Å². The molecule has 31 heavy (non-hydrogen) atoms. The molecule has 2 aromatic heterocycles. The number of benzene rings is 1. The molecule has 0 unspecified atom stereocenters. The molecule has 0 saturated carbocycles. The summed E-state index contributed by atoms with van der Waals surface area (Å²) in [6, 6.07) is 15.9. The molecule has 0 radical (unpaired) electrons. The first kappa shape index (κ1) is 20.7. The molecule has 1 aliphatic rings. The summed E-state index contributed by atoms with van der Waals surface area (Å²) in [6.45, 7) is 5.38. The van der Waals surface area contributed by atoms with Gasteiger partial charge in [-0.25, -0.2) is 9.97 Å². The summed E-state index contributed by atoms with van der Waals surface area (Å²) in [7, 11) is 0. The fourth-order valence-corrected chi connectivity index (χ4v) is 3.89. The second-order valence-corrected chi connectivity index (χ2v) is 7.94. The number of aromatic nitrogens is 3. The summed E-state index contributed by atoms with van der Waals surface area (Å²) in [4.78, 5) is 28.1. The van der Waals surface area contributed by atoms with Gasteiger partial charge in [-0.05, 0) is 56.5 Å². The summed E-state index contributed by atoms with van der Waals surface area (Å²) in [5, 5.41) is 3.22. The normalized spacial score (nSPS) is 16.5. The number of aryl methyl sites for hydroxylation is 2. The van der Waals surface area contributed by atoms with Gasteiger partial charge in [-0.2, -0.15) is 0 Å². The molecule has 1 saturated heterocycles. The molecular formula is C25H27N5O. The Balaban J connectivity index is 1.39. The van der Waals surface area contributed by atoms with Crippen LogP contribution in [0.2, 0.25) is 0 Å². The van der Waals surface area contributed by atoms with Crippen molar-refractivity contribution in [1.29, 1.82) is 0 Å². The Kier molecular flexibility index (Phi) is 6.36. The molecule has 6 heteroatoms. The molecular weight excluding hydrogens is 386 g/mol. The highest BCUT2D eigenvalue weighted by atomic mass is 16.2. The van der Waals surface area contributed by atoms with Gasteiger partial charge in [-0.15, -0.1) is 0 Å². The molecule has 1 N–H and O–H groups in total. The Labute approximate surface area is 183 Å². The minimum Gasteiger partial charge on any atom is -0.338 e. The van der Waals surface area contributed by atoms with Crippen LogP contribution in [0.15, 0.2) is 60.8 Å². The fourth-order valence-electron chi connectivity index (χ4n) is 3.89. The zero-order valence-corrected chi connectivity index (χ0v) is 18.0. The van der Waals surface area contributed by atoms with Crippen LogP contribution in [0.4, 0.5) is 11.6 Å². The predicted octanol–water partition coefficient (Wildman–Crippen LogP) is 4.65. The molecule has 6 nitrogen and oxygen atoms in total. The number of pyridine rings is 1. The molecule has 1 atom stereocenters. The molecule has 3 aromatic rings. The van der Waals surface area contributed by atoms with E-state index in [0.29, 0.717) is 12.5 Å². The lowest BCUT2D eigenvalue weighted by Crippen LogP contribution is -2.38. The van der Waals surface area contributed by atoms with E-state index in [4.69, 9.17) is 0 Å². The second-order valence-electron chi connectivity index (χ2n) is 7.94. The van der Waals surface area contributed by atoms with E-state index in [1.165, 1.54) is 0 Å². The minimum atomic E-state index is 0.0544. The number of rotatable bonds is 5. The summed E-state index contributed by atoms with van der Waals surface area (Å²) in [6.07, 6.45) is 7.37. The van der Waals surface area contributed by atoms with Gasteiger partial charge in [0.1, 0.15) is 0 Å².